The first-order valence-corrected chi connectivity index (χ1v) is 8.64. The van der Waals surface area contributed by atoms with Gasteiger partial charge in [0.15, 0.2) is 0 Å². The molecule has 1 aliphatic rings. The van der Waals surface area contributed by atoms with Crippen LogP contribution in [0.2, 0.25) is 0 Å². The zero-order chi connectivity index (χ0) is 17.0. The Morgan fingerprint density at radius 2 is 1.91 bits per heavy atom. The van der Waals surface area contributed by atoms with Crippen LogP contribution in [0.1, 0.15) is 44.6 Å². The molecule has 0 aliphatic carbocycles. The highest BCUT2D eigenvalue weighted by molar-refractivity contribution is 5.79. The van der Waals surface area contributed by atoms with Gasteiger partial charge >= 0.3 is 5.97 Å². The first-order chi connectivity index (χ1) is 10.8. The predicted octanol–water partition coefficient (Wildman–Crippen LogP) is 3.30. The Morgan fingerprint density at radius 1 is 1.30 bits per heavy atom. The number of para-hydroxylation sites is 1. The van der Waals surface area contributed by atoms with Gasteiger partial charge in [0.05, 0.1) is 33.1 Å². The van der Waals surface area contributed by atoms with Crippen LogP contribution in [-0.2, 0) is 9.53 Å². The van der Waals surface area contributed by atoms with Crippen LogP contribution in [0.25, 0.3) is 0 Å². The molecular formula is C19H30NO3+. The number of hydrogen-bond donors (Lipinski definition) is 1. The van der Waals surface area contributed by atoms with E-state index in [-0.39, 0.29) is 23.7 Å². The van der Waals surface area contributed by atoms with Crippen molar-refractivity contribution in [3.8, 4) is 5.75 Å². The van der Waals surface area contributed by atoms with Gasteiger partial charge in [-0.2, -0.15) is 0 Å². The van der Waals surface area contributed by atoms with Crippen molar-refractivity contribution >= 4 is 5.97 Å². The number of phenols is 1. The molecule has 0 amide bonds. The Morgan fingerprint density at radius 3 is 2.48 bits per heavy atom. The molecule has 128 valence electrons. The van der Waals surface area contributed by atoms with Crippen molar-refractivity contribution in [2.45, 2.75) is 45.1 Å². The van der Waals surface area contributed by atoms with Crippen molar-refractivity contribution in [3.63, 3.8) is 0 Å². The van der Waals surface area contributed by atoms with E-state index in [0.717, 1.165) is 36.8 Å². The van der Waals surface area contributed by atoms with Gasteiger partial charge in [-0.3, -0.25) is 4.79 Å². The second-order valence-corrected chi connectivity index (χ2v) is 7.44. The number of carbonyl (C=O) groups excluding carboxylic acids is 1. The van der Waals surface area contributed by atoms with Crippen LogP contribution in [0.15, 0.2) is 24.3 Å². The molecule has 1 heterocycles. The number of phenolic OH excluding ortho intramolecular Hbond substituents is 1. The summed E-state index contributed by atoms with van der Waals surface area (Å²) in [5.74, 6) is -0.286. The van der Waals surface area contributed by atoms with Crippen molar-refractivity contribution in [1.29, 1.82) is 0 Å². The second kappa shape index (κ2) is 7.35. The summed E-state index contributed by atoms with van der Waals surface area (Å²) < 4.78 is 6.81. The normalized spacial score (nSPS) is 20.7. The number of hydrogen-bond acceptors (Lipinski definition) is 3. The third kappa shape index (κ3) is 4.47. The number of benzene rings is 1. The molecule has 2 rings (SSSR count). The van der Waals surface area contributed by atoms with Gasteiger partial charge in [-0.25, -0.2) is 0 Å². The summed E-state index contributed by atoms with van der Waals surface area (Å²) in [6.07, 6.45) is 2.69. The molecular weight excluding hydrogens is 290 g/mol. The SMILES string of the molecule is CCC(C)C(C(=O)OC1CC[N+](C)(C)CC1)c1ccccc1O. The number of ether oxygens (including phenoxy) is 1. The van der Waals surface area contributed by atoms with E-state index < -0.39 is 5.92 Å². The number of rotatable bonds is 5. The molecule has 1 aliphatic heterocycles. The Hall–Kier alpha value is -1.55. The third-order valence-corrected chi connectivity index (χ3v) is 5.13. The minimum absolute atomic E-state index is 0.00561. The lowest BCUT2D eigenvalue weighted by molar-refractivity contribution is -0.896. The van der Waals surface area contributed by atoms with Crippen molar-refractivity contribution in [2.75, 3.05) is 27.2 Å². The van der Waals surface area contributed by atoms with Crippen molar-refractivity contribution in [3.05, 3.63) is 29.8 Å². The molecule has 4 heteroatoms. The van der Waals surface area contributed by atoms with Crippen molar-refractivity contribution in [2.24, 2.45) is 5.92 Å². The maximum Gasteiger partial charge on any atom is 0.314 e. The molecule has 23 heavy (non-hydrogen) atoms. The highest BCUT2D eigenvalue weighted by Crippen LogP contribution is 2.34. The zero-order valence-corrected chi connectivity index (χ0v) is 14.8. The number of aromatic hydroxyl groups is 1. The topological polar surface area (TPSA) is 46.5 Å². The number of nitrogens with zero attached hydrogens (tertiary/aromatic N) is 1. The summed E-state index contributed by atoms with van der Waals surface area (Å²) in [5.41, 5.74) is 0.679. The van der Waals surface area contributed by atoms with Gasteiger partial charge in [0.2, 0.25) is 0 Å². The Balaban J connectivity index is 2.11. The monoisotopic (exact) mass is 320 g/mol. The number of likely N-dealkylation sites (tertiary alicyclic amines) is 1. The summed E-state index contributed by atoms with van der Waals surface area (Å²) in [6.45, 7) is 6.16. The maximum atomic E-state index is 12.8. The van der Waals surface area contributed by atoms with E-state index in [0.29, 0.717) is 5.56 Å². The fourth-order valence-corrected chi connectivity index (χ4v) is 3.25. The number of quaternary nitrogens is 1. The number of carbonyl (C=O) groups is 1. The molecule has 1 aromatic rings. The first-order valence-electron chi connectivity index (χ1n) is 8.64. The number of esters is 1. The van der Waals surface area contributed by atoms with Crippen LogP contribution in [0.3, 0.4) is 0 Å². The summed E-state index contributed by atoms with van der Waals surface area (Å²) in [6, 6.07) is 7.10. The van der Waals surface area contributed by atoms with E-state index in [1.165, 1.54) is 0 Å². The van der Waals surface area contributed by atoms with Crippen LogP contribution in [0, 0.1) is 5.92 Å². The molecule has 2 atom stereocenters. The van der Waals surface area contributed by atoms with Gasteiger partial charge in [-0.15, -0.1) is 0 Å². The van der Waals surface area contributed by atoms with Crippen molar-refractivity contribution in [1.82, 2.24) is 0 Å². The largest absolute Gasteiger partial charge is 0.508 e. The summed E-state index contributed by atoms with van der Waals surface area (Å²) in [7, 11) is 4.42. The van der Waals surface area contributed by atoms with Crippen LogP contribution in [0.4, 0.5) is 0 Å². The quantitative estimate of drug-likeness (QED) is 0.669. The first kappa shape index (κ1) is 17.8. The molecule has 0 saturated carbocycles. The summed E-state index contributed by atoms with van der Waals surface area (Å²) in [5, 5.41) is 10.1. The van der Waals surface area contributed by atoms with Crippen LogP contribution in [0.5, 0.6) is 5.75 Å². The predicted molar refractivity (Wildman–Crippen MR) is 91.3 cm³/mol. The molecule has 0 radical (unpaired) electrons. The second-order valence-electron chi connectivity index (χ2n) is 7.44. The summed E-state index contributed by atoms with van der Waals surface area (Å²) >= 11 is 0. The lowest BCUT2D eigenvalue weighted by atomic mass is 9.85. The molecule has 1 fully saturated rings. The maximum absolute atomic E-state index is 12.8. The molecule has 4 nitrogen and oxygen atoms in total. The third-order valence-electron chi connectivity index (χ3n) is 5.13. The highest BCUT2D eigenvalue weighted by Gasteiger charge is 2.34. The molecule has 2 unspecified atom stereocenters. The van der Waals surface area contributed by atoms with Gasteiger partial charge in [0.1, 0.15) is 11.9 Å². The van der Waals surface area contributed by atoms with E-state index in [1.54, 1.807) is 12.1 Å². The van der Waals surface area contributed by atoms with Gasteiger partial charge in [0, 0.05) is 18.4 Å². The fourth-order valence-electron chi connectivity index (χ4n) is 3.25. The molecule has 1 N–H and O–H groups in total. The molecule has 1 aromatic carbocycles. The number of piperidine rings is 1. The van der Waals surface area contributed by atoms with Crippen LogP contribution in [-0.4, -0.2) is 48.8 Å². The molecule has 0 spiro atoms. The van der Waals surface area contributed by atoms with Crippen LogP contribution >= 0.6 is 0 Å². The molecule has 1 saturated heterocycles. The Labute approximate surface area is 139 Å². The highest BCUT2D eigenvalue weighted by atomic mass is 16.5. The van der Waals surface area contributed by atoms with E-state index in [1.807, 2.05) is 19.1 Å². The lowest BCUT2D eigenvalue weighted by Crippen LogP contribution is -2.48. The standard InChI is InChI=1S/C19H29NO3/c1-5-14(2)18(16-8-6-7-9-17(16)21)19(22)23-15-10-12-20(3,4)13-11-15/h6-9,14-15,18H,5,10-13H2,1-4H3/p+1. The van der Waals surface area contributed by atoms with Gasteiger partial charge in [-0.1, -0.05) is 38.5 Å². The minimum Gasteiger partial charge on any atom is -0.508 e. The average molecular weight is 320 g/mol. The fraction of sp³-hybridized carbons (Fsp3) is 0.632. The smallest absolute Gasteiger partial charge is 0.314 e. The summed E-state index contributed by atoms with van der Waals surface area (Å²) in [4.78, 5) is 12.8. The van der Waals surface area contributed by atoms with Gasteiger partial charge < -0.3 is 14.3 Å². The minimum atomic E-state index is -0.398. The molecule has 0 bridgehead atoms. The lowest BCUT2D eigenvalue weighted by Gasteiger charge is -2.37. The van der Waals surface area contributed by atoms with E-state index in [9.17, 15) is 9.90 Å². The van der Waals surface area contributed by atoms with E-state index in [4.69, 9.17) is 4.74 Å². The Kier molecular flexibility index (Phi) is 5.69. The van der Waals surface area contributed by atoms with Gasteiger partial charge in [-0.05, 0) is 12.0 Å². The van der Waals surface area contributed by atoms with E-state index >= 15 is 0 Å². The zero-order valence-electron chi connectivity index (χ0n) is 14.8. The van der Waals surface area contributed by atoms with E-state index in [2.05, 4.69) is 21.0 Å². The van der Waals surface area contributed by atoms with Crippen LogP contribution < -0.4 is 0 Å². The van der Waals surface area contributed by atoms with Gasteiger partial charge in [0.25, 0.3) is 0 Å². The van der Waals surface area contributed by atoms with Crippen molar-refractivity contribution < 1.29 is 19.1 Å². The Bertz CT molecular complexity index is 531. The average Bonchev–Trinajstić information content (AvgIpc) is 2.51. The molecule has 0 aromatic heterocycles.